The highest BCUT2D eigenvalue weighted by Crippen LogP contribution is 2.19. The molecule has 6 nitrogen and oxygen atoms in total. The van der Waals surface area contributed by atoms with Crippen LogP contribution in [0.2, 0.25) is 0 Å². The Morgan fingerprint density at radius 1 is 1.14 bits per heavy atom. The zero-order valence-electron chi connectivity index (χ0n) is 17.5. The number of sulfone groups is 1. The molecular formula is C21H34N2O4S. The van der Waals surface area contributed by atoms with E-state index in [1.165, 1.54) is 0 Å². The van der Waals surface area contributed by atoms with E-state index in [4.69, 9.17) is 10.5 Å². The van der Waals surface area contributed by atoms with E-state index in [9.17, 15) is 13.2 Å². The molecule has 1 aromatic rings. The molecule has 0 saturated carbocycles. The summed E-state index contributed by atoms with van der Waals surface area (Å²) in [5.41, 5.74) is 6.17. The van der Waals surface area contributed by atoms with Gasteiger partial charge in [0.05, 0.1) is 10.6 Å². The van der Waals surface area contributed by atoms with Crippen LogP contribution in [0.4, 0.5) is 0 Å². The van der Waals surface area contributed by atoms with Gasteiger partial charge in [0, 0.05) is 18.5 Å². The van der Waals surface area contributed by atoms with Gasteiger partial charge in [0.2, 0.25) is 5.91 Å². The first-order valence-corrected chi connectivity index (χ1v) is 11.3. The van der Waals surface area contributed by atoms with Gasteiger partial charge in [-0.15, -0.1) is 0 Å². The second-order valence-corrected chi connectivity index (χ2v) is 9.91. The minimum absolute atomic E-state index is 0.00967. The molecule has 1 aromatic carbocycles. The summed E-state index contributed by atoms with van der Waals surface area (Å²) < 4.78 is 30.5. The summed E-state index contributed by atoms with van der Waals surface area (Å²) >= 11 is 0. The van der Waals surface area contributed by atoms with E-state index in [0.717, 1.165) is 18.4 Å². The smallest absolute Gasteiger partial charge is 0.225 e. The fraction of sp³-hybridized carbons (Fsp3) is 0.571. The number of rotatable bonds is 11. The minimum atomic E-state index is -3.32. The lowest BCUT2D eigenvalue weighted by molar-refractivity contribution is -0.128. The van der Waals surface area contributed by atoms with E-state index in [0.29, 0.717) is 36.8 Å². The molecule has 28 heavy (non-hydrogen) atoms. The third kappa shape index (κ3) is 8.44. The number of hydrogen-bond donors (Lipinski definition) is 2. The number of ether oxygens (including phenoxy) is 1. The van der Waals surface area contributed by atoms with Crippen LogP contribution in [0.25, 0.3) is 0 Å². The van der Waals surface area contributed by atoms with Gasteiger partial charge in [0.15, 0.2) is 9.84 Å². The van der Waals surface area contributed by atoms with Crippen LogP contribution >= 0.6 is 0 Å². The molecule has 0 aromatic heterocycles. The predicted molar refractivity (Wildman–Crippen MR) is 113 cm³/mol. The SMILES string of the molecule is C/C=C(\CN)COc1ccc(S(=O)(=O)CCCCCNC(=O)C(C)(C)C)cc1. The second-order valence-electron chi connectivity index (χ2n) is 7.80. The van der Waals surface area contributed by atoms with Crippen molar-refractivity contribution in [2.75, 3.05) is 25.4 Å². The van der Waals surface area contributed by atoms with Crippen LogP contribution in [0.3, 0.4) is 0 Å². The van der Waals surface area contributed by atoms with E-state index in [-0.39, 0.29) is 11.7 Å². The number of nitrogens with one attached hydrogen (secondary N) is 1. The lowest BCUT2D eigenvalue weighted by Gasteiger charge is -2.17. The number of carbonyl (C=O) groups is 1. The quantitative estimate of drug-likeness (QED) is 0.431. The maximum Gasteiger partial charge on any atom is 0.225 e. The van der Waals surface area contributed by atoms with Gasteiger partial charge < -0.3 is 15.8 Å². The van der Waals surface area contributed by atoms with Gasteiger partial charge in [0.1, 0.15) is 12.4 Å². The summed E-state index contributed by atoms with van der Waals surface area (Å²) in [6, 6.07) is 6.48. The average molecular weight is 411 g/mol. The Kier molecular flexibility index (Phi) is 9.69. The van der Waals surface area contributed by atoms with Gasteiger partial charge in [-0.1, -0.05) is 33.3 Å². The molecule has 0 heterocycles. The van der Waals surface area contributed by atoms with Crippen LogP contribution in [-0.4, -0.2) is 39.8 Å². The summed E-state index contributed by atoms with van der Waals surface area (Å²) in [6.45, 7) is 8.89. The molecule has 0 bridgehead atoms. The van der Waals surface area contributed by atoms with Crippen LogP contribution in [0, 0.1) is 5.41 Å². The van der Waals surface area contributed by atoms with Crippen molar-refractivity contribution in [3.05, 3.63) is 35.9 Å². The van der Waals surface area contributed by atoms with Gasteiger partial charge in [0.25, 0.3) is 0 Å². The molecular weight excluding hydrogens is 376 g/mol. The van der Waals surface area contributed by atoms with Crippen LogP contribution in [-0.2, 0) is 14.6 Å². The van der Waals surface area contributed by atoms with Crippen LogP contribution in [0.15, 0.2) is 40.8 Å². The molecule has 0 spiro atoms. The van der Waals surface area contributed by atoms with E-state index >= 15 is 0 Å². The Hall–Kier alpha value is -1.86. The summed E-state index contributed by atoms with van der Waals surface area (Å²) in [5.74, 6) is 0.716. The first-order chi connectivity index (χ1) is 13.1. The van der Waals surface area contributed by atoms with Gasteiger partial charge in [-0.25, -0.2) is 8.42 Å². The lowest BCUT2D eigenvalue weighted by atomic mass is 9.96. The molecule has 0 aliphatic rings. The number of nitrogens with two attached hydrogens (primary N) is 1. The van der Waals surface area contributed by atoms with Crippen LogP contribution in [0.5, 0.6) is 5.75 Å². The van der Waals surface area contributed by atoms with Crippen LogP contribution < -0.4 is 15.8 Å². The zero-order chi connectivity index (χ0) is 21.2. The molecule has 0 aliphatic heterocycles. The van der Waals surface area contributed by atoms with Crippen molar-refractivity contribution in [3.8, 4) is 5.75 Å². The molecule has 0 atom stereocenters. The van der Waals surface area contributed by atoms with Crippen LogP contribution in [0.1, 0.15) is 47.0 Å². The highest BCUT2D eigenvalue weighted by Gasteiger charge is 2.20. The largest absolute Gasteiger partial charge is 0.489 e. The summed E-state index contributed by atoms with van der Waals surface area (Å²) in [5, 5.41) is 2.87. The van der Waals surface area contributed by atoms with Crippen molar-refractivity contribution in [1.82, 2.24) is 5.32 Å². The van der Waals surface area contributed by atoms with Crippen molar-refractivity contribution < 1.29 is 17.9 Å². The summed E-state index contributed by atoms with van der Waals surface area (Å²) in [4.78, 5) is 12.1. The number of hydrogen-bond acceptors (Lipinski definition) is 5. The highest BCUT2D eigenvalue weighted by atomic mass is 32.2. The minimum Gasteiger partial charge on any atom is -0.489 e. The normalized spacial score (nSPS) is 12.7. The molecule has 0 unspecified atom stereocenters. The average Bonchev–Trinajstić information content (AvgIpc) is 2.64. The number of benzene rings is 1. The maximum absolute atomic E-state index is 12.4. The van der Waals surface area contributed by atoms with Crippen molar-refractivity contribution in [3.63, 3.8) is 0 Å². The number of amides is 1. The van der Waals surface area contributed by atoms with Crippen molar-refractivity contribution in [2.24, 2.45) is 11.1 Å². The second kappa shape index (κ2) is 11.2. The number of unbranched alkanes of at least 4 members (excludes halogenated alkanes) is 2. The fourth-order valence-electron chi connectivity index (χ4n) is 2.36. The van der Waals surface area contributed by atoms with Gasteiger partial charge in [-0.3, -0.25) is 4.79 Å². The van der Waals surface area contributed by atoms with Crippen molar-refractivity contribution in [1.29, 1.82) is 0 Å². The lowest BCUT2D eigenvalue weighted by Crippen LogP contribution is -2.35. The molecule has 0 fully saturated rings. The molecule has 0 aliphatic carbocycles. The molecule has 3 N–H and O–H groups in total. The Morgan fingerprint density at radius 3 is 2.32 bits per heavy atom. The zero-order valence-corrected chi connectivity index (χ0v) is 18.3. The van der Waals surface area contributed by atoms with Crippen molar-refractivity contribution in [2.45, 2.75) is 51.9 Å². The molecule has 1 amide bonds. The fourth-order valence-corrected chi connectivity index (χ4v) is 3.73. The standard InChI is InChI=1S/C21H34N2O4S/c1-5-17(15-22)16-27-18-9-11-19(12-10-18)28(25,26)14-8-6-7-13-23-20(24)21(2,3)4/h5,9-12H,6-8,13-16,22H2,1-4H3,(H,23,24)/b17-5+. The van der Waals surface area contributed by atoms with Gasteiger partial charge in [-0.2, -0.15) is 0 Å². The third-order valence-electron chi connectivity index (χ3n) is 4.33. The Labute approximate surface area is 169 Å². The maximum atomic E-state index is 12.4. The Balaban J connectivity index is 2.41. The first-order valence-electron chi connectivity index (χ1n) is 9.68. The van der Waals surface area contributed by atoms with E-state index in [1.807, 2.05) is 33.8 Å². The van der Waals surface area contributed by atoms with Gasteiger partial charge >= 0.3 is 0 Å². The predicted octanol–water partition coefficient (Wildman–Crippen LogP) is 3.08. The highest BCUT2D eigenvalue weighted by molar-refractivity contribution is 7.91. The monoisotopic (exact) mass is 410 g/mol. The Bertz CT molecular complexity index is 748. The molecule has 0 saturated heterocycles. The van der Waals surface area contributed by atoms with E-state index in [1.54, 1.807) is 24.3 Å². The molecule has 1 rings (SSSR count). The summed E-state index contributed by atoms with van der Waals surface area (Å²) in [7, 11) is -3.32. The molecule has 7 heteroatoms. The van der Waals surface area contributed by atoms with E-state index < -0.39 is 15.3 Å². The molecule has 158 valence electrons. The number of allylic oxidation sites excluding steroid dienone is 1. The summed E-state index contributed by atoms with van der Waals surface area (Å²) in [6.07, 6.45) is 3.98. The van der Waals surface area contributed by atoms with Gasteiger partial charge in [-0.05, 0) is 49.6 Å². The Morgan fingerprint density at radius 2 is 1.79 bits per heavy atom. The topological polar surface area (TPSA) is 98.5 Å². The van der Waals surface area contributed by atoms with E-state index in [2.05, 4.69) is 5.32 Å². The first kappa shape index (κ1) is 24.2. The molecule has 0 radical (unpaired) electrons. The third-order valence-corrected chi connectivity index (χ3v) is 6.15. The number of carbonyl (C=O) groups excluding carboxylic acids is 1. The van der Waals surface area contributed by atoms with Crippen molar-refractivity contribution >= 4 is 15.7 Å².